The van der Waals surface area contributed by atoms with Crippen LogP contribution in [0.1, 0.15) is 12.8 Å². The molecule has 0 saturated heterocycles. The number of hydrogen-bond donors (Lipinski definition) is 4. The van der Waals surface area contributed by atoms with Gasteiger partial charge in [-0.3, -0.25) is 0 Å². The summed E-state index contributed by atoms with van der Waals surface area (Å²) >= 11 is 0. The van der Waals surface area contributed by atoms with E-state index >= 15 is 0 Å². The standard InChI is InChI=1S/2C16H14N5O4S.Cr/c2*1-10-15(16(23)21(20-10)11-5-3-2-4-6-11)19-18-13-9-12(26(17,24)25)7-8-14(13)22;/h2*2-9,22H,1H3,(H2,17,24,25);/q2*-1;/p+1. The van der Waals surface area contributed by atoms with Crippen LogP contribution in [0.3, 0.4) is 0 Å². The summed E-state index contributed by atoms with van der Waals surface area (Å²) in [6.07, 6.45) is 0. The molecule has 0 atom stereocenters. The Bertz CT molecular complexity index is 2490. The Hall–Kier alpha value is -5.95. The first-order chi connectivity index (χ1) is 24.5. The van der Waals surface area contributed by atoms with Gasteiger partial charge in [0.15, 0.2) is 0 Å². The number of aromatic hydroxyl groups is 2. The van der Waals surface area contributed by atoms with Crippen LogP contribution >= 0.6 is 0 Å². The van der Waals surface area contributed by atoms with E-state index in [9.17, 15) is 36.6 Å². The number of aromatic nitrogens is 4. The molecule has 21 heteroatoms. The topological polar surface area (TPSA) is 280 Å². The molecule has 53 heavy (non-hydrogen) atoms. The Morgan fingerprint density at radius 1 is 0.623 bits per heavy atom. The fraction of sp³-hybridized carbons (Fsp3) is 0.0625. The molecule has 2 aromatic heterocycles. The summed E-state index contributed by atoms with van der Waals surface area (Å²) in [6, 6.07) is 24.2. The van der Waals surface area contributed by atoms with Gasteiger partial charge in [0.2, 0.25) is 20.0 Å². The van der Waals surface area contributed by atoms with E-state index < -0.39 is 31.2 Å². The maximum absolute atomic E-state index is 12.5. The van der Waals surface area contributed by atoms with Crippen molar-refractivity contribution >= 4 is 42.8 Å². The van der Waals surface area contributed by atoms with Crippen molar-refractivity contribution in [3.05, 3.63) is 129 Å². The van der Waals surface area contributed by atoms with Crippen LogP contribution in [0.2, 0.25) is 0 Å². The van der Waals surface area contributed by atoms with Crippen molar-refractivity contribution in [3.8, 4) is 22.9 Å². The minimum atomic E-state index is -3.96. The largest absolute Gasteiger partial charge is 1.00 e. The Labute approximate surface area is 313 Å². The van der Waals surface area contributed by atoms with Crippen molar-refractivity contribution in [1.82, 2.24) is 19.6 Å². The summed E-state index contributed by atoms with van der Waals surface area (Å²) in [7, 11) is -7.93. The van der Waals surface area contributed by atoms with E-state index in [4.69, 9.17) is 10.3 Å². The van der Waals surface area contributed by atoms with E-state index in [1.54, 1.807) is 62.4 Å². The molecule has 0 aliphatic rings. The molecule has 274 valence electrons. The Kier molecular flexibility index (Phi) is 12.1. The first-order valence-electron chi connectivity index (χ1n) is 14.7. The summed E-state index contributed by atoms with van der Waals surface area (Å²) in [5.74, 6) is -0.608. The van der Waals surface area contributed by atoms with Crippen molar-refractivity contribution in [2.24, 2.45) is 30.7 Å². The molecule has 0 bridgehead atoms. The minimum absolute atomic E-state index is 0. The maximum atomic E-state index is 12.5. The number of aryl methyl sites for hydroxylation is 2. The van der Waals surface area contributed by atoms with Crippen molar-refractivity contribution < 1.29 is 45.8 Å². The molecule has 4 aromatic carbocycles. The number of para-hydroxylation sites is 2. The van der Waals surface area contributed by atoms with Crippen LogP contribution in [-0.2, 0) is 37.4 Å². The molecule has 0 unspecified atom stereocenters. The fourth-order valence-corrected chi connectivity index (χ4v) is 5.51. The van der Waals surface area contributed by atoms with Crippen LogP contribution in [0, 0.1) is 13.8 Å². The molecule has 6 aromatic rings. The van der Waals surface area contributed by atoms with Gasteiger partial charge in [-0.2, -0.15) is 10.2 Å². The van der Waals surface area contributed by atoms with Crippen LogP contribution in [0.15, 0.2) is 137 Å². The second-order valence-electron chi connectivity index (χ2n) is 10.8. The molecule has 2 heterocycles. The zero-order valence-corrected chi connectivity index (χ0v) is 30.4. The number of nitrogens with zero attached hydrogens (tertiary/aromatic N) is 8. The second-order valence-corrected chi connectivity index (χ2v) is 13.9. The molecule has 0 aliphatic carbocycles. The van der Waals surface area contributed by atoms with Crippen molar-refractivity contribution in [2.45, 2.75) is 23.6 Å². The molecule has 6 rings (SSSR count). The molecule has 18 nitrogen and oxygen atoms in total. The monoisotopic (exact) mass is 797 g/mol. The van der Waals surface area contributed by atoms with Crippen molar-refractivity contribution in [3.63, 3.8) is 0 Å². The van der Waals surface area contributed by atoms with Crippen LogP contribution in [0.5, 0.6) is 11.5 Å². The van der Waals surface area contributed by atoms with E-state index in [1.165, 1.54) is 9.36 Å². The van der Waals surface area contributed by atoms with Gasteiger partial charge >= 0.3 is 1.43 Å². The van der Waals surface area contributed by atoms with E-state index in [1.807, 2.05) is 12.1 Å². The van der Waals surface area contributed by atoms with Gasteiger partial charge in [0.1, 0.15) is 34.0 Å². The molecule has 6 N–H and O–H groups in total. The number of sulfonamides is 2. The predicted molar refractivity (Wildman–Crippen MR) is 189 cm³/mol. The molecular formula is C32H29CrN10O8S2-. The summed E-state index contributed by atoms with van der Waals surface area (Å²) in [6.45, 7) is 3.19. The smallest absolute Gasteiger partial charge is 0.506 e. The van der Waals surface area contributed by atoms with Gasteiger partial charge in [-0.05, 0) is 60.7 Å². The number of phenols is 2. The predicted octanol–water partition coefficient (Wildman–Crippen LogP) is 4.17. The van der Waals surface area contributed by atoms with E-state index in [0.717, 1.165) is 36.4 Å². The second kappa shape index (κ2) is 16.2. The molecule has 0 fully saturated rings. The number of primary sulfonamides is 2. The van der Waals surface area contributed by atoms with Gasteiger partial charge < -0.3 is 30.0 Å². The zero-order valence-electron chi connectivity index (χ0n) is 28.5. The average Bonchev–Trinajstić information content (AvgIpc) is 3.56. The maximum Gasteiger partial charge on any atom is 1.00 e. The Balaban J connectivity index is 0.000000280. The van der Waals surface area contributed by atoms with Crippen LogP contribution in [0.4, 0.5) is 22.7 Å². The fourth-order valence-electron chi connectivity index (χ4n) is 4.44. The molecule has 0 saturated carbocycles. The average molecular weight is 798 g/mol. The third-order valence-corrected chi connectivity index (χ3v) is 8.87. The SMILES string of the molecule is Cc1nn(-c2ccccc2)c(=O)[c-]1N=Nc1cc(S(N)(=O)=O)ccc1O.Cc1nn(-c2ccccc2)c(=O)[c-]1N=Nc1cc(S(N)(=O)=O)ccc1O.[Cr].[H+]. The molecule has 0 spiro atoms. The number of rotatable bonds is 8. The zero-order chi connectivity index (χ0) is 37.8. The number of nitrogens with two attached hydrogens (primary N) is 2. The van der Waals surface area contributed by atoms with E-state index in [2.05, 4.69) is 30.7 Å². The van der Waals surface area contributed by atoms with Crippen molar-refractivity contribution in [1.29, 1.82) is 0 Å². The summed E-state index contributed by atoms with van der Waals surface area (Å²) in [5, 5.41) is 53.3. The van der Waals surface area contributed by atoms with E-state index in [0.29, 0.717) is 22.8 Å². The minimum Gasteiger partial charge on any atom is -0.506 e. The Morgan fingerprint density at radius 3 is 1.28 bits per heavy atom. The molecule has 0 amide bonds. The van der Waals surface area contributed by atoms with Crippen LogP contribution in [-0.4, -0.2) is 46.6 Å². The van der Waals surface area contributed by atoms with Crippen LogP contribution in [0.25, 0.3) is 11.4 Å². The summed E-state index contributed by atoms with van der Waals surface area (Å²) < 4.78 is 48.0. The normalized spacial score (nSPS) is 11.7. The van der Waals surface area contributed by atoms with Gasteiger partial charge in [0.25, 0.3) is 0 Å². The molecule has 0 aliphatic heterocycles. The number of azo groups is 2. The number of phenolic OH excluding ortho intramolecular Hbond substituents is 2. The van der Waals surface area contributed by atoms with Gasteiger partial charge in [-0.25, -0.2) is 46.7 Å². The van der Waals surface area contributed by atoms with Crippen LogP contribution < -0.4 is 21.4 Å². The number of benzene rings is 4. The molecule has 0 radical (unpaired) electrons. The van der Waals surface area contributed by atoms with E-state index in [-0.39, 0.29) is 62.8 Å². The van der Waals surface area contributed by atoms with Gasteiger partial charge in [-0.1, -0.05) is 61.6 Å². The first kappa shape index (κ1) is 39.8. The third kappa shape index (κ3) is 9.30. The quantitative estimate of drug-likeness (QED) is 0.126. The molecular weight excluding hydrogens is 769 g/mol. The van der Waals surface area contributed by atoms with Gasteiger partial charge in [0, 0.05) is 17.4 Å². The van der Waals surface area contributed by atoms with Gasteiger partial charge in [0.05, 0.1) is 21.2 Å². The summed E-state index contributed by atoms with van der Waals surface area (Å²) in [5.41, 5.74) is 0.532. The third-order valence-electron chi connectivity index (χ3n) is 7.04. The first-order valence-corrected chi connectivity index (χ1v) is 17.8. The van der Waals surface area contributed by atoms with Gasteiger partial charge in [-0.15, -0.1) is 11.4 Å². The Morgan fingerprint density at radius 2 is 0.962 bits per heavy atom. The van der Waals surface area contributed by atoms with Crippen molar-refractivity contribution in [2.75, 3.05) is 0 Å². The summed E-state index contributed by atoms with van der Waals surface area (Å²) in [4.78, 5) is 24.5. The number of hydrogen-bond acceptors (Lipinski definition) is 14.